The molecule has 0 spiro atoms. The summed E-state index contributed by atoms with van der Waals surface area (Å²) in [6, 6.07) is 11.5. The van der Waals surface area contributed by atoms with Crippen molar-refractivity contribution >= 4 is 12.0 Å². The minimum absolute atomic E-state index is 0.0804. The van der Waals surface area contributed by atoms with Crippen LogP contribution in [-0.2, 0) is 11.4 Å². The molecule has 5 heteroatoms. The van der Waals surface area contributed by atoms with Gasteiger partial charge in [0.05, 0.1) is 6.61 Å². The Labute approximate surface area is 133 Å². The zero-order valence-electron chi connectivity index (χ0n) is 12.7. The molecule has 0 unspecified atom stereocenters. The van der Waals surface area contributed by atoms with Crippen LogP contribution in [0.4, 0.5) is 4.39 Å². The number of aliphatic carboxylic acids is 1. The first-order chi connectivity index (χ1) is 11.1. The van der Waals surface area contributed by atoms with Gasteiger partial charge in [-0.1, -0.05) is 24.3 Å². The maximum absolute atomic E-state index is 13.6. The maximum atomic E-state index is 13.6. The lowest BCUT2D eigenvalue weighted by Gasteiger charge is -2.13. The van der Waals surface area contributed by atoms with Crippen LogP contribution >= 0.6 is 0 Å². The van der Waals surface area contributed by atoms with E-state index in [1.54, 1.807) is 36.4 Å². The van der Waals surface area contributed by atoms with E-state index in [0.29, 0.717) is 29.2 Å². The number of benzene rings is 2. The second-order valence-electron chi connectivity index (χ2n) is 4.69. The number of halogens is 1. The van der Waals surface area contributed by atoms with Crippen LogP contribution in [0, 0.1) is 5.82 Å². The van der Waals surface area contributed by atoms with Gasteiger partial charge in [0.1, 0.15) is 12.4 Å². The van der Waals surface area contributed by atoms with E-state index in [2.05, 4.69) is 0 Å². The van der Waals surface area contributed by atoms with Crippen molar-refractivity contribution in [3.63, 3.8) is 0 Å². The molecule has 0 aliphatic heterocycles. The Morgan fingerprint density at radius 2 is 1.96 bits per heavy atom. The van der Waals surface area contributed by atoms with E-state index in [0.717, 1.165) is 6.08 Å². The molecule has 0 aliphatic rings. The fourth-order valence-corrected chi connectivity index (χ4v) is 1.95. The van der Waals surface area contributed by atoms with Crippen molar-refractivity contribution in [1.82, 2.24) is 0 Å². The lowest BCUT2D eigenvalue weighted by atomic mass is 10.2. The Bertz CT molecular complexity index is 710. The molecule has 120 valence electrons. The van der Waals surface area contributed by atoms with Crippen molar-refractivity contribution in [1.29, 1.82) is 0 Å². The number of ether oxygens (including phenoxy) is 2. The number of hydrogen-bond donors (Lipinski definition) is 1. The molecule has 4 nitrogen and oxygen atoms in total. The third-order valence-corrected chi connectivity index (χ3v) is 3.03. The number of rotatable bonds is 7. The average molecular weight is 316 g/mol. The SMILES string of the molecule is CCOc1cc(C=CC(=O)O)ccc1OCc1ccccc1F. The van der Waals surface area contributed by atoms with Crippen LogP contribution in [-0.4, -0.2) is 17.7 Å². The van der Waals surface area contributed by atoms with Crippen LogP contribution in [0.25, 0.3) is 6.08 Å². The summed E-state index contributed by atoms with van der Waals surface area (Å²) in [7, 11) is 0. The van der Waals surface area contributed by atoms with Gasteiger partial charge in [-0.3, -0.25) is 0 Å². The predicted molar refractivity (Wildman–Crippen MR) is 85.0 cm³/mol. The molecule has 0 saturated heterocycles. The normalized spacial score (nSPS) is 10.7. The van der Waals surface area contributed by atoms with Gasteiger partial charge in [-0.2, -0.15) is 0 Å². The Morgan fingerprint density at radius 3 is 2.65 bits per heavy atom. The highest BCUT2D eigenvalue weighted by Crippen LogP contribution is 2.30. The first kappa shape index (κ1) is 16.5. The summed E-state index contributed by atoms with van der Waals surface area (Å²) in [5, 5.41) is 8.66. The van der Waals surface area contributed by atoms with Crippen molar-refractivity contribution in [2.24, 2.45) is 0 Å². The molecule has 0 atom stereocenters. The van der Waals surface area contributed by atoms with Gasteiger partial charge < -0.3 is 14.6 Å². The fourth-order valence-electron chi connectivity index (χ4n) is 1.95. The zero-order valence-corrected chi connectivity index (χ0v) is 12.7. The maximum Gasteiger partial charge on any atom is 0.328 e. The van der Waals surface area contributed by atoms with Crippen LogP contribution < -0.4 is 9.47 Å². The molecular formula is C18H17FO4. The summed E-state index contributed by atoms with van der Waals surface area (Å²) >= 11 is 0. The summed E-state index contributed by atoms with van der Waals surface area (Å²) in [5.74, 6) is -0.395. The van der Waals surface area contributed by atoms with Gasteiger partial charge in [0.25, 0.3) is 0 Å². The van der Waals surface area contributed by atoms with Crippen LogP contribution in [0.15, 0.2) is 48.5 Å². The van der Waals surface area contributed by atoms with Gasteiger partial charge in [0, 0.05) is 11.6 Å². The molecule has 0 fully saturated rings. The molecule has 2 rings (SSSR count). The molecule has 23 heavy (non-hydrogen) atoms. The van der Waals surface area contributed by atoms with Crippen LogP contribution in [0.3, 0.4) is 0 Å². The smallest absolute Gasteiger partial charge is 0.328 e. The van der Waals surface area contributed by atoms with Crippen molar-refractivity contribution in [3.8, 4) is 11.5 Å². The second kappa shape index (κ2) is 7.98. The topological polar surface area (TPSA) is 55.8 Å². The summed E-state index contributed by atoms with van der Waals surface area (Å²) in [5.41, 5.74) is 1.12. The number of carboxylic acid groups (broad SMARTS) is 1. The van der Waals surface area contributed by atoms with E-state index in [-0.39, 0.29) is 12.4 Å². The summed E-state index contributed by atoms with van der Waals surface area (Å²) < 4.78 is 24.7. The second-order valence-corrected chi connectivity index (χ2v) is 4.69. The molecule has 0 aliphatic carbocycles. The monoisotopic (exact) mass is 316 g/mol. The Hall–Kier alpha value is -2.82. The largest absolute Gasteiger partial charge is 0.490 e. The molecule has 0 aromatic heterocycles. The van der Waals surface area contributed by atoms with Crippen molar-refractivity contribution < 1.29 is 23.8 Å². The number of carbonyl (C=O) groups is 1. The molecule has 0 saturated carbocycles. The highest BCUT2D eigenvalue weighted by atomic mass is 19.1. The molecule has 0 amide bonds. The highest BCUT2D eigenvalue weighted by molar-refractivity contribution is 5.85. The molecule has 2 aromatic rings. The first-order valence-corrected chi connectivity index (χ1v) is 7.14. The van der Waals surface area contributed by atoms with E-state index in [1.165, 1.54) is 12.1 Å². The average Bonchev–Trinajstić information content (AvgIpc) is 2.53. The van der Waals surface area contributed by atoms with E-state index in [4.69, 9.17) is 14.6 Å². The van der Waals surface area contributed by atoms with Crippen LogP contribution in [0.1, 0.15) is 18.1 Å². The van der Waals surface area contributed by atoms with Gasteiger partial charge in [0.15, 0.2) is 11.5 Å². The fraction of sp³-hybridized carbons (Fsp3) is 0.167. The van der Waals surface area contributed by atoms with Crippen LogP contribution in [0.5, 0.6) is 11.5 Å². The molecular weight excluding hydrogens is 299 g/mol. The predicted octanol–water partition coefficient (Wildman–Crippen LogP) is 3.90. The first-order valence-electron chi connectivity index (χ1n) is 7.14. The van der Waals surface area contributed by atoms with Crippen LogP contribution in [0.2, 0.25) is 0 Å². The molecule has 1 N–H and O–H groups in total. The van der Waals surface area contributed by atoms with Gasteiger partial charge in [0.2, 0.25) is 0 Å². The Morgan fingerprint density at radius 1 is 1.17 bits per heavy atom. The van der Waals surface area contributed by atoms with Gasteiger partial charge in [-0.05, 0) is 36.8 Å². The Balaban J connectivity index is 2.17. The third kappa shape index (κ3) is 4.85. The standard InChI is InChI=1S/C18H17FO4/c1-2-22-17-11-13(8-10-18(20)21)7-9-16(17)23-12-14-5-3-4-6-15(14)19/h3-11H,2,12H2,1H3,(H,20,21). The van der Waals surface area contributed by atoms with Crippen molar-refractivity contribution in [2.45, 2.75) is 13.5 Å². The van der Waals surface area contributed by atoms with Crippen molar-refractivity contribution in [3.05, 3.63) is 65.5 Å². The third-order valence-electron chi connectivity index (χ3n) is 3.03. The van der Waals surface area contributed by atoms with E-state index < -0.39 is 5.97 Å². The quantitative estimate of drug-likeness (QED) is 0.787. The van der Waals surface area contributed by atoms with E-state index >= 15 is 0 Å². The molecule has 0 bridgehead atoms. The Kier molecular flexibility index (Phi) is 5.74. The lowest BCUT2D eigenvalue weighted by molar-refractivity contribution is -0.131. The summed E-state index contributed by atoms with van der Waals surface area (Å²) in [6.45, 7) is 2.35. The highest BCUT2D eigenvalue weighted by Gasteiger charge is 2.08. The summed E-state index contributed by atoms with van der Waals surface area (Å²) in [6.07, 6.45) is 2.51. The minimum atomic E-state index is -1.03. The summed E-state index contributed by atoms with van der Waals surface area (Å²) in [4.78, 5) is 10.6. The lowest BCUT2D eigenvalue weighted by Crippen LogP contribution is -2.01. The zero-order chi connectivity index (χ0) is 16.7. The number of carboxylic acids is 1. The number of hydrogen-bond acceptors (Lipinski definition) is 3. The van der Waals surface area contributed by atoms with Gasteiger partial charge in [-0.15, -0.1) is 0 Å². The van der Waals surface area contributed by atoms with Gasteiger partial charge in [-0.25, -0.2) is 9.18 Å². The van der Waals surface area contributed by atoms with E-state index in [1.807, 2.05) is 6.92 Å². The molecule has 0 radical (unpaired) electrons. The molecule has 0 heterocycles. The minimum Gasteiger partial charge on any atom is -0.490 e. The van der Waals surface area contributed by atoms with Crippen molar-refractivity contribution in [2.75, 3.05) is 6.61 Å². The van der Waals surface area contributed by atoms with E-state index in [9.17, 15) is 9.18 Å². The molecule has 2 aromatic carbocycles. The van der Waals surface area contributed by atoms with Gasteiger partial charge >= 0.3 is 5.97 Å².